The Bertz CT molecular complexity index is 620. The van der Waals surface area contributed by atoms with E-state index in [1.165, 1.54) is 0 Å². The summed E-state index contributed by atoms with van der Waals surface area (Å²) in [6, 6.07) is -1.34. The van der Waals surface area contributed by atoms with E-state index in [1.807, 2.05) is 0 Å². The van der Waals surface area contributed by atoms with Crippen molar-refractivity contribution in [3.63, 3.8) is 0 Å². The summed E-state index contributed by atoms with van der Waals surface area (Å²) >= 11 is 0. The van der Waals surface area contributed by atoms with E-state index in [-0.39, 0.29) is 13.0 Å². The predicted molar refractivity (Wildman–Crippen MR) is 67.7 cm³/mol. The van der Waals surface area contributed by atoms with Crippen LogP contribution in [0.4, 0.5) is 22.0 Å². The molecule has 0 aliphatic carbocycles. The summed E-state index contributed by atoms with van der Waals surface area (Å²) in [5.41, 5.74) is 13.4. The van der Waals surface area contributed by atoms with Crippen molar-refractivity contribution in [2.24, 2.45) is 10.8 Å². The van der Waals surface area contributed by atoms with Gasteiger partial charge in [0.2, 0.25) is 34.8 Å². The molecule has 0 amide bonds. The average Bonchev–Trinajstić information content (AvgIpc) is 2.54. The third-order valence-electron chi connectivity index (χ3n) is 2.76. The van der Waals surface area contributed by atoms with Crippen molar-refractivity contribution in [2.45, 2.75) is 25.3 Å². The Balaban J connectivity index is 2.76. The predicted octanol–water partition coefficient (Wildman–Crippen LogP) is 3.10. The Hall–Kier alpha value is -2.39. The van der Waals surface area contributed by atoms with Crippen LogP contribution in [0, 0.1) is 29.1 Å². The number of azide groups is 1. The van der Waals surface area contributed by atoms with Crippen LogP contribution in [0.5, 0.6) is 5.75 Å². The van der Waals surface area contributed by atoms with E-state index in [9.17, 15) is 26.7 Å². The molecule has 0 spiro atoms. The van der Waals surface area contributed by atoms with Gasteiger partial charge in [0.15, 0.2) is 0 Å². The Morgan fingerprint density at radius 1 is 1.09 bits per heavy atom. The molecule has 23 heavy (non-hydrogen) atoms. The molecule has 11 heteroatoms. The molecule has 1 rings (SSSR count). The van der Waals surface area contributed by atoms with E-state index >= 15 is 0 Å². The summed E-state index contributed by atoms with van der Waals surface area (Å²) in [5, 5.41) is 3.24. The molecule has 0 aliphatic rings. The summed E-state index contributed by atoms with van der Waals surface area (Å²) in [6.07, 6.45) is 0.731. The molecule has 0 heterocycles. The number of hydrogen-bond donors (Lipinski definition) is 1. The third-order valence-corrected chi connectivity index (χ3v) is 2.76. The maximum absolute atomic E-state index is 13.3. The van der Waals surface area contributed by atoms with Crippen molar-refractivity contribution in [1.29, 1.82) is 0 Å². The fraction of sp³-hybridized carbons (Fsp3) is 0.417. The highest BCUT2D eigenvalue weighted by atomic mass is 19.2. The van der Waals surface area contributed by atoms with Gasteiger partial charge in [0.25, 0.3) is 0 Å². The van der Waals surface area contributed by atoms with Gasteiger partial charge in [0, 0.05) is 11.5 Å². The van der Waals surface area contributed by atoms with Crippen LogP contribution in [0.1, 0.15) is 19.3 Å². The molecule has 0 bridgehead atoms. The summed E-state index contributed by atoms with van der Waals surface area (Å²) in [4.78, 5) is 14.0. The van der Waals surface area contributed by atoms with Crippen LogP contribution < -0.4 is 10.5 Å². The summed E-state index contributed by atoms with van der Waals surface area (Å²) in [7, 11) is 0. The number of unbranched alkanes of at least 4 members (excludes halogenated alkanes) is 1. The quantitative estimate of drug-likeness (QED) is 0.0951. The highest BCUT2D eigenvalue weighted by Gasteiger charge is 2.29. The first-order valence-corrected chi connectivity index (χ1v) is 6.30. The zero-order valence-corrected chi connectivity index (χ0v) is 11.5. The number of rotatable bonds is 7. The lowest BCUT2D eigenvalue weighted by Gasteiger charge is -2.12. The normalized spacial score (nSPS) is 11.7. The fourth-order valence-corrected chi connectivity index (χ4v) is 1.56. The van der Waals surface area contributed by atoms with Crippen LogP contribution in [0.25, 0.3) is 10.4 Å². The van der Waals surface area contributed by atoms with Crippen LogP contribution in [0.2, 0.25) is 0 Å². The molecule has 0 fully saturated rings. The van der Waals surface area contributed by atoms with E-state index in [2.05, 4.69) is 14.8 Å². The average molecular weight is 338 g/mol. The molecule has 1 aromatic rings. The molecule has 0 saturated heterocycles. The van der Waals surface area contributed by atoms with Crippen LogP contribution in [-0.2, 0) is 4.79 Å². The van der Waals surface area contributed by atoms with Gasteiger partial charge < -0.3 is 10.5 Å². The zero-order chi connectivity index (χ0) is 17.6. The van der Waals surface area contributed by atoms with Crippen molar-refractivity contribution < 1.29 is 31.5 Å². The summed E-state index contributed by atoms with van der Waals surface area (Å²) in [5.74, 6) is -14.4. The standard InChI is InChI=1S/C12H11F5N4O2/c13-6-7(14)9(16)11(10(17)8(6)15)23-12(22)5(18)3-1-2-4-20-21-19/h5H,1-4,18H2/t5-/m0/s1. The number of nitrogens with two attached hydrogens (primary N) is 1. The van der Waals surface area contributed by atoms with Gasteiger partial charge >= 0.3 is 5.97 Å². The zero-order valence-electron chi connectivity index (χ0n) is 11.5. The molecular formula is C12H11F5N4O2. The number of nitrogens with zero attached hydrogens (tertiary/aromatic N) is 3. The van der Waals surface area contributed by atoms with Gasteiger partial charge in [0.05, 0.1) is 0 Å². The van der Waals surface area contributed by atoms with Crippen molar-refractivity contribution in [2.75, 3.05) is 6.54 Å². The fourth-order valence-electron chi connectivity index (χ4n) is 1.56. The minimum atomic E-state index is -2.36. The number of carbonyl (C=O) groups excluding carboxylic acids is 1. The van der Waals surface area contributed by atoms with Gasteiger partial charge in [-0.1, -0.05) is 11.5 Å². The third kappa shape index (κ3) is 4.54. The second-order valence-electron chi connectivity index (χ2n) is 4.38. The minimum Gasteiger partial charge on any atom is -0.419 e. The SMILES string of the molecule is [N-]=[N+]=NCCCC[C@H](N)C(=O)Oc1c(F)c(F)c(F)c(F)c1F. The number of benzene rings is 1. The van der Waals surface area contributed by atoms with Crippen LogP contribution in [0.15, 0.2) is 5.11 Å². The summed E-state index contributed by atoms with van der Waals surface area (Å²) < 4.78 is 69.6. The van der Waals surface area contributed by atoms with Gasteiger partial charge in [-0.2, -0.15) is 8.78 Å². The number of ether oxygens (including phenoxy) is 1. The molecule has 1 aromatic carbocycles. The van der Waals surface area contributed by atoms with Crippen LogP contribution in [0.3, 0.4) is 0 Å². The lowest BCUT2D eigenvalue weighted by atomic mass is 10.1. The molecular weight excluding hydrogens is 327 g/mol. The van der Waals surface area contributed by atoms with Gasteiger partial charge in [-0.05, 0) is 18.4 Å². The van der Waals surface area contributed by atoms with E-state index in [0.29, 0.717) is 12.8 Å². The minimum absolute atomic E-state index is 0.00911. The monoisotopic (exact) mass is 338 g/mol. The Morgan fingerprint density at radius 2 is 1.61 bits per heavy atom. The highest BCUT2D eigenvalue weighted by molar-refractivity contribution is 5.78. The second-order valence-corrected chi connectivity index (χ2v) is 4.38. The molecule has 1 atom stereocenters. The first-order chi connectivity index (χ1) is 10.8. The molecule has 2 N–H and O–H groups in total. The Labute approximate surface area is 126 Å². The van der Waals surface area contributed by atoms with Crippen molar-refractivity contribution >= 4 is 5.97 Å². The van der Waals surface area contributed by atoms with Crippen molar-refractivity contribution in [3.8, 4) is 5.75 Å². The molecule has 0 aliphatic heterocycles. The number of halogens is 5. The maximum atomic E-state index is 13.3. The summed E-state index contributed by atoms with van der Waals surface area (Å²) in [6.45, 7) is 0.163. The first-order valence-electron chi connectivity index (χ1n) is 6.30. The molecule has 0 aromatic heterocycles. The number of carbonyl (C=O) groups is 1. The second kappa shape index (κ2) is 8.30. The van der Waals surface area contributed by atoms with Gasteiger partial charge in [0.1, 0.15) is 6.04 Å². The number of hydrogen-bond acceptors (Lipinski definition) is 4. The van der Waals surface area contributed by atoms with Gasteiger partial charge in [-0.25, -0.2) is 18.0 Å². The lowest BCUT2D eigenvalue weighted by Crippen LogP contribution is -2.34. The van der Waals surface area contributed by atoms with E-state index in [0.717, 1.165) is 0 Å². The van der Waals surface area contributed by atoms with Crippen LogP contribution in [-0.4, -0.2) is 18.6 Å². The Morgan fingerprint density at radius 3 is 2.13 bits per heavy atom. The molecule has 0 radical (unpaired) electrons. The highest BCUT2D eigenvalue weighted by Crippen LogP contribution is 2.29. The smallest absolute Gasteiger partial charge is 0.328 e. The maximum Gasteiger partial charge on any atom is 0.328 e. The lowest BCUT2D eigenvalue weighted by molar-refractivity contribution is -0.136. The first kappa shape index (κ1) is 18.7. The largest absolute Gasteiger partial charge is 0.419 e. The topological polar surface area (TPSA) is 101 Å². The molecule has 0 saturated carbocycles. The van der Waals surface area contributed by atoms with Gasteiger partial charge in [-0.15, -0.1) is 0 Å². The van der Waals surface area contributed by atoms with Gasteiger partial charge in [-0.3, -0.25) is 0 Å². The Kier molecular flexibility index (Phi) is 6.73. The molecule has 126 valence electrons. The van der Waals surface area contributed by atoms with E-state index in [4.69, 9.17) is 11.3 Å². The van der Waals surface area contributed by atoms with E-state index < -0.39 is 46.8 Å². The van der Waals surface area contributed by atoms with Crippen molar-refractivity contribution in [3.05, 3.63) is 39.5 Å². The van der Waals surface area contributed by atoms with Crippen LogP contribution >= 0.6 is 0 Å². The number of esters is 1. The molecule has 6 nitrogen and oxygen atoms in total. The molecule has 0 unspecified atom stereocenters. The van der Waals surface area contributed by atoms with E-state index in [1.54, 1.807) is 0 Å². The van der Waals surface area contributed by atoms with Crippen molar-refractivity contribution in [1.82, 2.24) is 0 Å².